The maximum Gasteiger partial charge on any atom is 3.00 e. The first kappa shape index (κ1) is 19.1. The van der Waals surface area contributed by atoms with Crippen molar-refractivity contribution in [2.75, 3.05) is 5.32 Å². The van der Waals surface area contributed by atoms with Crippen LogP contribution in [0.15, 0.2) is 24.3 Å². The molecule has 2 rings (SSSR count). The zero-order chi connectivity index (χ0) is 15.4. The zero-order valence-corrected chi connectivity index (χ0v) is 16.9. The fraction of sp³-hybridized carbons (Fsp3) is 0.412. The predicted octanol–water partition coefficient (Wildman–Crippen LogP) is 4.01. The largest absolute Gasteiger partial charge is 3.00 e. The number of aryl methyl sites for hydroxylation is 2. The molecular weight excluding hydrogens is 349 g/mol. The molecule has 0 spiro atoms. The Labute approximate surface area is 158 Å². The number of benzene rings is 1. The van der Waals surface area contributed by atoms with E-state index in [4.69, 9.17) is 0 Å². The number of aromatic nitrogens is 3. The number of hydrogen-bond acceptors (Lipinski definition) is 4. The number of nitrogens with one attached hydrogen (secondary N) is 1. The summed E-state index contributed by atoms with van der Waals surface area (Å²) in [6.07, 6.45) is 0.970. The smallest absolute Gasteiger partial charge is 0.347 e. The SMILES string of the molecule is CCC(Nc1nc(C)nc([C-](C)C)n1)c1ccc(C)cc1.[Y+3]. The summed E-state index contributed by atoms with van der Waals surface area (Å²) in [4.78, 5) is 13.2. The molecule has 0 bridgehead atoms. The van der Waals surface area contributed by atoms with Gasteiger partial charge in [0.05, 0.1) is 6.04 Å². The van der Waals surface area contributed by atoms with Gasteiger partial charge in [-0.25, -0.2) is 4.98 Å². The summed E-state index contributed by atoms with van der Waals surface area (Å²) in [5.41, 5.74) is 2.52. The fourth-order valence-corrected chi connectivity index (χ4v) is 2.15. The molecule has 0 aliphatic carbocycles. The monoisotopic (exact) mass is 372 g/mol. The Morgan fingerprint density at radius 1 is 1.05 bits per heavy atom. The minimum absolute atomic E-state index is 0. The molecule has 0 amide bonds. The molecule has 1 heterocycles. The number of hydrogen-bond donors (Lipinski definition) is 1. The van der Waals surface area contributed by atoms with Crippen LogP contribution in [0.1, 0.15) is 56.0 Å². The summed E-state index contributed by atoms with van der Waals surface area (Å²) in [6, 6.07) is 8.78. The molecule has 1 unspecified atom stereocenters. The molecule has 5 heteroatoms. The first-order valence-electron chi connectivity index (χ1n) is 7.36. The molecule has 0 aliphatic heterocycles. The van der Waals surface area contributed by atoms with Gasteiger partial charge in [0, 0.05) is 5.82 Å². The van der Waals surface area contributed by atoms with E-state index in [9.17, 15) is 0 Å². The second kappa shape index (κ2) is 8.59. The number of rotatable bonds is 5. The van der Waals surface area contributed by atoms with Gasteiger partial charge in [-0.05, 0) is 25.8 Å². The molecule has 22 heavy (non-hydrogen) atoms. The average Bonchev–Trinajstić information content (AvgIpc) is 2.45. The molecule has 1 aromatic carbocycles. The van der Waals surface area contributed by atoms with E-state index in [2.05, 4.69) is 58.4 Å². The minimum atomic E-state index is 0. The number of anilines is 1. The molecule has 1 N–H and O–H groups in total. The first-order chi connectivity index (χ1) is 9.99. The molecule has 0 saturated heterocycles. The van der Waals surface area contributed by atoms with E-state index in [1.54, 1.807) is 0 Å². The quantitative estimate of drug-likeness (QED) is 0.806. The fourth-order valence-electron chi connectivity index (χ4n) is 2.15. The zero-order valence-electron chi connectivity index (χ0n) is 14.0. The second-order valence-electron chi connectivity index (χ2n) is 5.55. The topological polar surface area (TPSA) is 50.7 Å². The van der Waals surface area contributed by atoms with Gasteiger partial charge < -0.3 is 11.2 Å². The van der Waals surface area contributed by atoms with Crippen LogP contribution in [-0.4, -0.2) is 15.0 Å². The van der Waals surface area contributed by atoms with Gasteiger partial charge in [-0.2, -0.15) is 18.8 Å². The second-order valence-corrected chi connectivity index (χ2v) is 5.55. The van der Waals surface area contributed by atoms with Crippen LogP contribution in [0, 0.1) is 19.8 Å². The van der Waals surface area contributed by atoms with Crippen molar-refractivity contribution in [3.8, 4) is 0 Å². The normalized spacial score (nSPS) is 11.5. The predicted molar refractivity (Wildman–Crippen MR) is 86.1 cm³/mol. The maximum atomic E-state index is 4.49. The molecule has 0 radical (unpaired) electrons. The Bertz CT molecular complexity index is 596. The summed E-state index contributed by atoms with van der Waals surface area (Å²) in [6.45, 7) is 10.2. The van der Waals surface area contributed by atoms with Crippen molar-refractivity contribution in [3.63, 3.8) is 0 Å². The standard InChI is InChI=1S/C17H23N4.Y/c1-6-15(14-9-7-12(4)8-10-14)20-17-19-13(5)18-16(21-17)11(2)3;/h7-10,15H,6H2,1-5H3,(H,18,19,20,21);/q-1;+3. The molecule has 112 valence electrons. The third kappa shape index (κ3) is 5.03. The summed E-state index contributed by atoms with van der Waals surface area (Å²) in [5.74, 6) is 3.23. The average molecular weight is 372 g/mol. The van der Waals surface area contributed by atoms with E-state index < -0.39 is 0 Å². The molecule has 2 aromatic rings. The van der Waals surface area contributed by atoms with Crippen LogP contribution in [0.4, 0.5) is 5.95 Å². The minimum Gasteiger partial charge on any atom is -0.347 e. The summed E-state index contributed by atoms with van der Waals surface area (Å²) >= 11 is 0. The van der Waals surface area contributed by atoms with Crippen LogP contribution in [0.2, 0.25) is 0 Å². The molecule has 1 atom stereocenters. The van der Waals surface area contributed by atoms with Crippen molar-refractivity contribution >= 4 is 5.95 Å². The summed E-state index contributed by atoms with van der Waals surface area (Å²) in [7, 11) is 0. The molecule has 4 nitrogen and oxygen atoms in total. The first-order valence-corrected chi connectivity index (χ1v) is 7.36. The van der Waals surface area contributed by atoms with E-state index in [0.29, 0.717) is 5.95 Å². The Morgan fingerprint density at radius 3 is 2.23 bits per heavy atom. The van der Waals surface area contributed by atoms with E-state index >= 15 is 0 Å². The molecule has 0 fully saturated rings. The van der Waals surface area contributed by atoms with Gasteiger partial charge in [0.15, 0.2) is 0 Å². The van der Waals surface area contributed by atoms with Crippen molar-refractivity contribution in [1.82, 2.24) is 15.0 Å². The van der Waals surface area contributed by atoms with E-state index in [1.165, 1.54) is 11.1 Å². The van der Waals surface area contributed by atoms with E-state index in [1.807, 2.05) is 20.8 Å². The van der Waals surface area contributed by atoms with Gasteiger partial charge in [-0.3, -0.25) is 4.98 Å². The van der Waals surface area contributed by atoms with Gasteiger partial charge in [0.1, 0.15) is 5.82 Å². The van der Waals surface area contributed by atoms with E-state index in [0.717, 1.165) is 24.0 Å². The summed E-state index contributed by atoms with van der Waals surface area (Å²) < 4.78 is 0. The van der Waals surface area contributed by atoms with Crippen molar-refractivity contribution in [2.45, 2.75) is 47.1 Å². The van der Waals surface area contributed by atoms with Crippen molar-refractivity contribution in [3.05, 3.63) is 53.0 Å². The van der Waals surface area contributed by atoms with Gasteiger partial charge in [0.2, 0.25) is 5.95 Å². The van der Waals surface area contributed by atoms with Crippen molar-refractivity contribution in [1.29, 1.82) is 0 Å². The molecule has 1 aromatic heterocycles. The maximum absolute atomic E-state index is 4.49. The van der Waals surface area contributed by atoms with Crippen LogP contribution < -0.4 is 5.32 Å². The molecular formula is C17H23N4Y+2. The Morgan fingerprint density at radius 2 is 1.68 bits per heavy atom. The molecule has 0 aliphatic rings. The van der Waals surface area contributed by atoms with Crippen LogP contribution >= 0.6 is 0 Å². The van der Waals surface area contributed by atoms with Gasteiger partial charge in [-0.1, -0.05) is 36.8 Å². The Kier molecular flexibility index (Phi) is 7.44. The van der Waals surface area contributed by atoms with Gasteiger partial charge >= 0.3 is 32.7 Å². The van der Waals surface area contributed by atoms with Crippen molar-refractivity contribution in [2.24, 2.45) is 0 Å². The Hall–Kier alpha value is -0.996. The van der Waals surface area contributed by atoms with Crippen LogP contribution in [-0.2, 0) is 32.7 Å². The third-order valence-electron chi connectivity index (χ3n) is 3.39. The molecule has 0 saturated carbocycles. The van der Waals surface area contributed by atoms with Gasteiger partial charge in [0.25, 0.3) is 0 Å². The van der Waals surface area contributed by atoms with Gasteiger partial charge in [-0.15, -0.1) is 0 Å². The summed E-state index contributed by atoms with van der Waals surface area (Å²) in [5, 5.41) is 3.42. The third-order valence-corrected chi connectivity index (χ3v) is 3.39. The number of nitrogens with zero attached hydrogens (tertiary/aromatic N) is 3. The van der Waals surface area contributed by atoms with Crippen molar-refractivity contribution < 1.29 is 32.7 Å². The van der Waals surface area contributed by atoms with Crippen LogP contribution in [0.25, 0.3) is 0 Å². The van der Waals surface area contributed by atoms with Crippen LogP contribution in [0.5, 0.6) is 0 Å². The van der Waals surface area contributed by atoms with E-state index in [-0.39, 0.29) is 38.8 Å². The Balaban J connectivity index is 0.00000242. The van der Waals surface area contributed by atoms with Crippen LogP contribution in [0.3, 0.4) is 0 Å².